The molecule has 0 unspecified atom stereocenters. The lowest BCUT2D eigenvalue weighted by molar-refractivity contribution is 0.187. The van der Waals surface area contributed by atoms with E-state index < -0.39 is 6.09 Å². The number of aromatic nitrogens is 1. The quantitative estimate of drug-likeness (QED) is 0.633. The van der Waals surface area contributed by atoms with Crippen molar-refractivity contribution in [2.75, 3.05) is 12.4 Å². The van der Waals surface area contributed by atoms with Gasteiger partial charge in [-0.2, -0.15) is 0 Å². The lowest BCUT2D eigenvalue weighted by Gasteiger charge is -2.15. The van der Waals surface area contributed by atoms with E-state index in [4.69, 9.17) is 9.47 Å². The number of rotatable bonds is 5. The highest BCUT2D eigenvalue weighted by Crippen LogP contribution is 2.30. The average Bonchev–Trinajstić information content (AvgIpc) is 3.08. The fourth-order valence-electron chi connectivity index (χ4n) is 2.75. The van der Waals surface area contributed by atoms with Crippen LogP contribution in [0.5, 0.6) is 5.75 Å². The molecule has 3 rings (SSSR count). The molecule has 0 aliphatic rings. The molecule has 0 saturated carbocycles. The highest BCUT2D eigenvalue weighted by Gasteiger charge is 2.11. The first kappa shape index (κ1) is 18.9. The van der Waals surface area contributed by atoms with E-state index in [1.165, 1.54) is 7.11 Å². The van der Waals surface area contributed by atoms with Gasteiger partial charge in [-0.15, -0.1) is 11.3 Å². The molecule has 1 amide bonds. The largest absolute Gasteiger partial charge is 0.489 e. The molecule has 0 spiro atoms. The number of amides is 1. The van der Waals surface area contributed by atoms with Crippen molar-refractivity contribution in [2.45, 2.75) is 27.4 Å². The fourth-order valence-corrected chi connectivity index (χ4v) is 3.55. The molecule has 0 saturated heterocycles. The Morgan fingerprint density at radius 2 is 1.96 bits per heavy atom. The van der Waals surface area contributed by atoms with E-state index in [-0.39, 0.29) is 0 Å². The van der Waals surface area contributed by atoms with Gasteiger partial charge < -0.3 is 9.47 Å². The van der Waals surface area contributed by atoms with E-state index in [0.717, 1.165) is 38.7 Å². The zero-order chi connectivity index (χ0) is 19.4. The number of carbonyl (C=O) groups is 1. The predicted octanol–water partition coefficient (Wildman–Crippen LogP) is 5.49. The highest BCUT2D eigenvalue weighted by atomic mass is 32.1. The second-order valence-electron chi connectivity index (χ2n) is 6.28. The summed E-state index contributed by atoms with van der Waals surface area (Å²) in [6, 6.07) is 11.8. The Morgan fingerprint density at radius 3 is 2.63 bits per heavy atom. The van der Waals surface area contributed by atoms with Crippen molar-refractivity contribution in [1.82, 2.24) is 4.98 Å². The molecule has 0 aliphatic carbocycles. The molecule has 1 N–H and O–H groups in total. The third-order valence-corrected chi connectivity index (χ3v) is 5.25. The van der Waals surface area contributed by atoms with Gasteiger partial charge in [0, 0.05) is 22.2 Å². The molecule has 0 radical (unpaired) electrons. The third-order valence-electron chi connectivity index (χ3n) is 4.25. The number of methoxy groups -OCH3 is 1. The minimum absolute atomic E-state index is 0.350. The lowest BCUT2D eigenvalue weighted by atomic mass is 10.1. The molecule has 3 aromatic rings. The zero-order valence-corrected chi connectivity index (χ0v) is 16.6. The average molecular weight is 382 g/mol. The molecule has 1 heterocycles. The minimum Gasteiger partial charge on any atom is -0.489 e. The second kappa shape index (κ2) is 8.22. The van der Waals surface area contributed by atoms with E-state index >= 15 is 0 Å². The van der Waals surface area contributed by atoms with Crippen LogP contribution in [0.2, 0.25) is 0 Å². The van der Waals surface area contributed by atoms with Crippen molar-refractivity contribution in [3.8, 4) is 16.3 Å². The van der Waals surface area contributed by atoms with Crippen molar-refractivity contribution in [1.29, 1.82) is 0 Å². The molecule has 27 heavy (non-hydrogen) atoms. The van der Waals surface area contributed by atoms with Gasteiger partial charge in [-0.3, -0.25) is 5.32 Å². The molecule has 0 aliphatic heterocycles. The molecule has 0 bridgehead atoms. The van der Waals surface area contributed by atoms with Crippen molar-refractivity contribution < 1.29 is 14.3 Å². The predicted molar refractivity (Wildman–Crippen MR) is 109 cm³/mol. The van der Waals surface area contributed by atoms with Crippen LogP contribution in [0, 0.1) is 20.8 Å². The van der Waals surface area contributed by atoms with Crippen molar-refractivity contribution in [3.63, 3.8) is 0 Å². The number of nitrogens with zero attached hydrogens (tertiary/aromatic N) is 1. The molecule has 140 valence electrons. The monoisotopic (exact) mass is 382 g/mol. The van der Waals surface area contributed by atoms with Gasteiger partial charge in [0.25, 0.3) is 0 Å². The maximum atomic E-state index is 11.6. The summed E-state index contributed by atoms with van der Waals surface area (Å²) in [6.07, 6.45) is -0.499. The molecular formula is C21H22N2O3S. The first-order valence-electron chi connectivity index (χ1n) is 8.57. The van der Waals surface area contributed by atoms with Gasteiger partial charge in [0.2, 0.25) is 0 Å². The van der Waals surface area contributed by atoms with Crippen LogP contribution in [-0.4, -0.2) is 18.2 Å². The Labute approximate surface area is 163 Å². The summed E-state index contributed by atoms with van der Waals surface area (Å²) < 4.78 is 10.7. The van der Waals surface area contributed by atoms with Crippen molar-refractivity contribution >= 4 is 23.1 Å². The molecule has 0 fully saturated rings. The Morgan fingerprint density at radius 1 is 1.15 bits per heavy atom. The molecule has 2 aromatic carbocycles. The maximum absolute atomic E-state index is 11.6. The summed E-state index contributed by atoms with van der Waals surface area (Å²) in [5, 5.41) is 5.79. The summed E-state index contributed by atoms with van der Waals surface area (Å²) >= 11 is 1.64. The van der Waals surface area contributed by atoms with Gasteiger partial charge in [-0.05, 0) is 56.2 Å². The number of hydrogen-bond acceptors (Lipinski definition) is 5. The van der Waals surface area contributed by atoms with Crippen LogP contribution < -0.4 is 10.1 Å². The number of aryl methyl sites for hydroxylation is 3. The summed E-state index contributed by atoms with van der Waals surface area (Å²) in [7, 11) is 1.34. The van der Waals surface area contributed by atoms with Gasteiger partial charge in [-0.1, -0.05) is 12.1 Å². The van der Waals surface area contributed by atoms with Crippen LogP contribution in [0.25, 0.3) is 10.6 Å². The fraction of sp³-hybridized carbons (Fsp3) is 0.238. The summed E-state index contributed by atoms with van der Waals surface area (Å²) in [6.45, 7) is 6.35. The first-order valence-corrected chi connectivity index (χ1v) is 9.45. The Bertz CT molecular complexity index is 966. The standard InChI is InChI=1S/C21H22N2O3S/c1-13-6-5-7-18(23-21(24)25-4)17(13)11-26-19-9-8-16(10-14(19)2)20-22-15(3)12-27-20/h5-10,12H,11H2,1-4H3,(H,23,24). The smallest absolute Gasteiger partial charge is 0.411 e. The van der Waals surface area contributed by atoms with Crippen LogP contribution in [-0.2, 0) is 11.3 Å². The number of hydrogen-bond donors (Lipinski definition) is 1. The van der Waals surface area contributed by atoms with E-state index in [1.54, 1.807) is 11.3 Å². The zero-order valence-electron chi connectivity index (χ0n) is 15.8. The Hall–Kier alpha value is -2.86. The number of thiazole rings is 1. The number of benzene rings is 2. The lowest BCUT2D eigenvalue weighted by Crippen LogP contribution is -2.14. The maximum Gasteiger partial charge on any atom is 0.411 e. The van der Waals surface area contributed by atoms with Gasteiger partial charge >= 0.3 is 6.09 Å². The first-order chi connectivity index (χ1) is 13.0. The highest BCUT2D eigenvalue weighted by molar-refractivity contribution is 7.13. The molecule has 5 nitrogen and oxygen atoms in total. The molecule has 1 aromatic heterocycles. The molecule has 0 atom stereocenters. The number of ether oxygens (including phenoxy) is 2. The van der Waals surface area contributed by atoms with E-state index in [1.807, 2.05) is 56.5 Å². The Kier molecular flexibility index (Phi) is 5.76. The summed E-state index contributed by atoms with van der Waals surface area (Å²) in [5.41, 5.74) is 5.80. The summed E-state index contributed by atoms with van der Waals surface area (Å²) in [4.78, 5) is 16.1. The molecule has 6 heteroatoms. The van der Waals surface area contributed by atoms with Gasteiger partial charge in [0.05, 0.1) is 12.8 Å². The van der Waals surface area contributed by atoms with Crippen LogP contribution >= 0.6 is 11.3 Å². The number of anilines is 1. The molecular weight excluding hydrogens is 360 g/mol. The van der Waals surface area contributed by atoms with Crippen LogP contribution in [0.4, 0.5) is 10.5 Å². The Balaban J connectivity index is 1.78. The minimum atomic E-state index is -0.499. The van der Waals surface area contributed by atoms with E-state index in [0.29, 0.717) is 12.3 Å². The normalized spacial score (nSPS) is 10.5. The van der Waals surface area contributed by atoms with Gasteiger partial charge in [-0.25, -0.2) is 9.78 Å². The van der Waals surface area contributed by atoms with Crippen molar-refractivity contribution in [3.05, 3.63) is 64.2 Å². The van der Waals surface area contributed by atoms with E-state index in [9.17, 15) is 4.79 Å². The van der Waals surface area contributed by atoms with Crippen LogP contribution in [0.15, 0.2) is 41.8 Å². The van der Waals surface area contributed by atoms with Crippen LogP contribution in [0.1, 0.15) is 22.4 Å². The number of carbonyl (C=O) groups excluding carboxylic acids is 1. The third kappa shape index (κ3) is 4.46. The van der Waals surface area contributed by atoms with Crippen molar-refractivity contribution in [2.24, 2.45) is 0 Å². The topological polar surface area (TPSA) is 60.5 Å². The van der Waals surface area contributed by atoms with Crippen LogP contribution in [0.3, 0.4) is 0 Å². The van der Waals surface area contributed by atoms with Gasteiger partial charge in [0.1, 0.15) is 17.4 Å². The van der Waals surface area contributed by atoms with Gasteiger partial charge in [0.15, 0.2) is 0 Å². The van der Waals surface area contributed by atoms with E-state index in [2.05, 4.69) is 16.4 Å². The summed E-state index contributed by atoms with van der Waals surface area (Å²) in [5.74, 6) is 0.805. The SMILES string of the molecule is COC(=O)Nc1cccc(C)c1COc1ccc(-c2nc(C)cs2)cc1C. The number of nitrogens with one attached hydrogen (secondary N) is 1. The second-order valence-corrected chi connectivity index (χ2v) is 7.14.